The first-order valence-electron chi connectivity index (χ1n) is 8.69. The second-order valence-electron chi connectivity index (χ2n) is 11.6. The average molecular weight is 443 g/mol. The number of rotatable bonds is 6. The van der Waals surface area contributed by atoms with Gasteiger partial charge in [0, 0.05) is 43.6 Å². The molecule has 0 rings (SSSR count). The van der Waals surface area contributed by atoms with Crippen LogP contribution in [0, 0.1) is 0 Å². The van der Waals surface area contributed by atoms with Gasteiger partial charge < -0.3 is 0 Å². The summed E-state index contributed by atoms with van der Waals surface area (Å²) in [5, 5.41) is 0. The molecular formula is C14H42ClSi7. The van der Waals surface area contributed by atoms with Crippen LogP contribution in [-0.2, 0) is 0 Å². The van der Waals surface area contributed by atoms with E-state index in [-0.39, 0.29) is 0 Å². The van der Waals surface area contributed by atoms with Gasteiger partial charge in [-0.15, -0.1) is 0 Å². The highest BCUT2D eigenvalue weighted by Gasteiger charge is 2.67. The van der Waals surface area contributed by atoms with Gasteiger partial charge in [0.2, 0.25) is 0 Å². The first-order chi connectivity index (χ1) is 9.15. The van der Waals surface area contributed by atoms with Crippen molar-refractivity contribution < 1.29 is 0 Å². The van der Waals surface area contributed by atoms with E-state index >= 15 is 0 Å². The highest BCUT2D eigenvalue weighted by molar-refractivity contribution is 8.11. The molecule has 0 N–H and O–H groups in total. The quantitative estimate of drug-likeness (QED) is 0.340. The SMILES string of the molecule is C[Si](C)(C)[Si](C)([Si](Cl)[Si](C)([Si](C)(C)C)[Si](C)(C)C)[Si](C)(C)C. The first kappa shape index (κ1) is 23.8. The van der Waals surface area contributed by atoms with E-state index < -0.39 is 50.8 Å². The second kappa shape index (κ2) is 6.51. The Labute approximate surface area is 152 Å². The van der Waals surface area contributed by atoms with Gasteiger partial charge in [0.1, 0.15) is 7.14 Å². The molecule has 0 spiro atoms. The van der Waals surface area contributed by atoms with E-state index in [1.54, 1.807) is 0 Å². The fourth-order valence-corrected chi connectivity index (χ4v) is 221. The number of halogens is 1. The Bertz CT molecular complexity index is 329. The average Bonchev–Trinajstić information content (AvgIpc) is 2.19. The predicted molar refractivity (Wildman–Crippen MR) is 128 cm³/mol. The minimum atomic E-state index is -1.33. The number of hydrogen-bond donors (Lipinski definition) is 0. The van der Waals surface area contributed by atoms with E-state index in [1.165, 1.54) is 0 Å². The van der Waals surface area contributed by atoms with Gasteiger partial charge >= 0.3 is 0 Å². The van der Waals surface area contributed by atoms with E-state index in [4.69, 9.17) is 11.1 Å². The summed E-state index contributed by atoms with van der Waals surface area (Å²) in [6.45, 7) is 34.8. The van der Waals surface area contributed by atoms with Gasteiger partial charge in [0.15, 0.2) is 0 Å². The molecule has 133 valence electrons. The molecule has 0 unspecified atom stereocenters. The molecule has 0 aromatic carbocycles. The first-order valence-corrected chi connectivity index (χ1v) is 36.2. The molecule has 0 aliphatic rings. The molecule has 0 aromatic heterocycles. The van der Waals surface area contributed by atoms with Crippen molar-refractivity contribution >= 4 is 61.8 Å². The molecular weight excluding hydrogens is 400 g/mol. The smallest absolute Gasteiger partial charge is 0.133 e. The monoisotopic (exact) mass is 441 g/mol. The molecule has 0 aromatic rings. The van der Waals surface area contributed by atoms with Crippen molar-refractivity contribution in [2.24, 2.45) is 0 Å². The Morgan fingerprint density at radius 1 is 0.409 bits per heavy atom. The lowest BCUT2D eigenvalue weighted by molar-refractivity contribution is 1.75. The van der Waals surface area contributed by atoms with E-state index in [1.807, 2.05) is 0 Å². The van der Waals surface area contributed by atoms with Crippen LogP contribution in [-0.4, -0.2) is 50.8 Å². The Balaban J connectivity index is 6.54. The van der Waals surface area contributed by atoms with Crippen LogP contribution in [0.1, 0.15) is 0 Å². The molecule has 0 amide bonds. The van der Waals surface area contributed by atoms with E-state index in [0.29, 0.717) is 0 Å². The molecule has 0 bridgehead atoms. The fraction of sp³-hybridized carbons (Fsp3) is 1.00. The summed E-state index contributed by atoms with van der Waals surface area (Å²) in [5.41, 5.74) is 0. The zero-order valence-corrected chi connectivity index (χ0v) is 25.6. The molecule has 0 atom stereocenters. The normalized spacial score (nSPS) is 16.4. The lowest BCUT2D eigenvalue weighted by Crippen LogP contribution is -2.89. The summed E-state index contributed by atoms with van der Waals surface area (Å²) in [6.07, 6.45) is 0. The summed E-state index contributed by atoms with van der Waals surface area (Å²) in [6, 6.07) is 0. The van der Waals surface area contributed by atoms with Crippen molar-refractivity contribution in [3.63, 3.8) is 0 Å². The van der Waals surface area contributed by atoms with Gasteiger partial charge in [-0.2, -0.15) is 11.1 Å². The molecule has 0 aliphatic carbocycles. The third-order valence-electron chi connectivity index (χ3n) is 6.88. The van der Waals surface area contributed by atoms with Gasteiger partial charge in [0.25, 0.3) is 0 Å². The van der Waals surface area contributed by atoms with Crippen LogP contribution in [0.15, 0.2) is 0 Å². The van der Waals surface area contributed by atoms with Crippen LogP contribution in [0.4, 0.5) is 0 Å². The number of hydrogen-bond acceptors (Lipinski definition) is 0. The van der Waals surface area contributed by atoms with Crippen LogP contribution >= 0.6 is 11.1 Å². The summed E-state index contributed by atoms with van der Waals surface area (Å²) >= 11 is 7.80. The highest BCUT2D eigenvalue weighted by atomic mass is 35.6. The lowest BCUT2D eigenvalue weighted by atomic mass is 11.8. The van der Waals surface area contributed by atoms with E-state index in [9.17, 15) is 0 Å². The van der Waals surface area contributed by atoms with Crippen molar-refractivity contribution in [1.82, 2.24) is 0 Å². The lowest BCUT2D eigenvalue weighted by Gasteiger charge is -2.60. The van der Waals surface area contributed by atoms with Gasteiger partial charge in [-0.1, -0.05) is 91.7 Å². The Kier molecular flexibility index (Phi) is 7.05. The molecule has 0 heterocycles. The molecule has 0 aliphatic heterocycles. The Morgan fingerprint density at radius 2 is 0.545 bits per heavy atom. The molecule has 0 saturated heterocycles. The van der Waals surface area contributed by atoms with Crippen LogP contribution < -0.4 is 0 Å². The molecule has 22 heavy (non-hydrogen) atoms. The third-order valence-corrected chi connectivity index (χ3v) is 155. The second-order valence-corrected chi connectivity index (χ2v) is 87.2. The summed E-state index contributed by atoms with van der Waals surface area (Å²) < 4.78 is 0. The van der Waals surface area contributed by atoms with Gasteiger partial charge in [-0.05, 0) is 0 Å². The van der Waals surface area contributed by atoms with E-state index in [0.717, 1.165) is 0 Å². The summed E-state index contributed by atoms with van der Waals surface area (Å²) in [7, 11) is -5.43. The van der Waals surface area contributed by atoms with Crippen LogP contribution in [0.5, 0.6) is 0 Å². The third kappa shape index (κ3) is 3.81. The molecule has 1 radical (unpaired) electrons. The van der Waals surface area contributed by atoms with Crippen molar-refractivity contribution in [2.45, 2.75) is 91.7 Å². The molecule has 0 nitrogen and oxygen atoms in total. The topological polar surface area (TPSA) is 0 Å². The minimum Gasteiger partial charge on any atom is -0.178 e. The maximum atomic E-state index is 7.80. The van der Waals surface area contributed by atoms with Gasteiger partial charge in [0.05, 0.1) is 0 Å². The van der Waals surface area contributed by atoms with Crippen molar-refractivity contribution in [3.05, 3.63) is 0 Å². The minimum absolute atomic E-state index is 0.696. The molecule has 8 heteroatoms. The largest absolute Gasteiger partial charge is 0.178 e. The maximum Gasteiger partial charge on any atom is 0.133 e. The zero-order valence-electron chi connectivity index (χ0n) is 17.9. The van der Waals surface area contributed by atoms with Crippen LogP contribution in [0.25, 0.3) is 0 Å². The van der Waals surface area contributed by atoms with Crippen LogP contribution in [0.2, 0.25) is 91.7 Å². The predicted octanol–water partition coefficient (Wildman–Crippen LogP) is 6.20. The highest BCUT2D eigenvalue weighted by Crippen LogP contribution is 2.42. The summed E-state index contributed by atoms with van der Waals surface area (Å²) in [4.78, 5) is 0. The van der Waals surface area contributed by atoms with Crippen molar-refractivity contribution in [2.75, 3.05) is 0 Å². The van der Waals surface area contributed by atoms with Crippen molar-refractivity contribution in [3.8, 4) is 0 Å². The standard InChI is InChI=1S/C14H42ClSi7/c1-17(2,3)21(13,18(4,5)6)16(15)22(14,19(7,8)9)20(10,11)12/h1-14H3. The van der Waals surface area contributed by atoms with E-state index in [2.05, 4.69) is 91.7 Å². The fourth-order valence-electron chi connectivity index (χ4n) is 4.07. The molecule has 0 fully saturated rings. The summed E-state index contributed by atoms with van der Waals surface area (Å²) in [5.74, 6) is 0. The van der Waals surface area contributed by atoms with Crippen LogP contribution in [0.3, 0.4) is 0 Å². The Morgan fingerprint density at radius 3 is 0.636 bits per heavy atom. The van der Waals surface area contributed by atoms with Crippen molar-refractivity contribution in [1.29, 1.82) is 0 Å². The zero-order chi connectivity index (χ0) is 18.6. The Hall–Kier alpha value is 1.81. The molecule has 0 saturated carbocycles. The van der Waals surface area contributed by atoms with Gasteiger partial charge in [-0.3, -0.25) is 0 Å². The van der Waals surface area contributed by atoms with Gasteiger partial charge in [-0.25, -0.2) is 0 Å². The maximum absolute atomic E-state index is 7.80.